The SMILES string of the molecule is CCCCCCCCCCCCCCCCCC(=O)[N+](C)(CC(C)O)C(=O)CCCCCCCCCCCCCCCCC. The quantitative estimate of drug-likeness (QED) is 0.0574. The lowest BCUT2D eigenvalue weighted by Crippen LogP contribution is -2.56. The molecule has 0 heterocycles. The van der Waals surface area contributed by atoms with Crippen LogP contribution in [0.4, 0.5) is 0 Å². The highest BCUT2D eigenvalue weighted by atomic mass is 16.3. The summed E-state index contributed by atoms with van der Waals surface area (Å²) in [6, 6.07) is 0. The van der Waals surface area contributed by atoms with Crippen LogP contribution in [-0.4, -0.2) is 41.1 Å². The molecule has 4 heteroatoms. The van der Waals surface area contributed by atoms with Crippen molar-refractivity contribution in [1.29, 1.82) is 0 Å². The van der Waals surface area contributed by atoms with Gasteiger partial charge in [-0.25, -0.2) is 9.59 Å². The minimum atomic E-state index is -0.657. The number of likely N-dealkylation sites (N-methyl/N-ethyl adjacent to an activating group) is 1. The minimum absolute atomic E-state index is 0.00782. The molecule has 44 heavy (non-hydrogen) atoms. The molecule has 1 unspecified atom stereocenters. The van der Waals surface area contributed by atoms with Crippen LogP contribution in [0.5, 0.6) is 0 Å². The summed E-state index contributed by atoms with van der Waals surface area (Å²) in [4.78, 5) is 26.4. The van der Waals surface area contributed by atoms with E-state index in [-0.39, 0.29) is 22.8 Å². The number of hydrogen-bond acceptors (Lipinski definition) is 3. The highest BCUT2D eigenvalue weighted by Crippen LogP contribution is 2.19. The molecule has 0 spiro atoms. The van der Waals surface area contributed by atoms with Crippen LogP contribution in [0.3, 0.4) is 0 Å². The molecule has 0 fully saturated rings. The summed E-state index contributed by atoms with van der Waals surface area (Å²) in [5.41, 5.74) is 0. The average molecular weight is 623 g/mol. The molecule has 0 aliphatic rings. The molecule has 0 aromatic heterocycles. The highest BCUT2D eigenvalue weighted by Gasteiger charge is 2.39. The summed E-state index contributed by atoms with van der Waals surface area (Å²) in [5, 5.41) is 10.1. The Morgan fingerprint density at radius 2 is 0.636 bits per heavy atom. The molecular weight excluding hydrogens is 542 g/mol. The summed E-state index contributed by atoms with van der Waals surface area (Å²) in [7, 11) is 1.74. The predicted octanol–water partition coefficient (Wildman–Crippen LogP) is 12.4. The highest BCUT2D eigenvalue weighted by molar-refractivity contribution is 5.84. The zero-order chi connectivity index (χ0) is 32.6. The maximum atomic E-state index is 13.2. The fourth-order valence-corrected chi connectivity index (χ4v) is 6.66. The van der Waals surface area contributed by atoms with E-state index in [4.69, 9.17) is 0 Å². The van der Waals surface area contributed by atoms with E-state index >= 15 is 0 Å². The Morgan fingerprint density at radius 1 is 0.432 bits per heavy atom. The molecule has 2 amide bonds. The van der Waals surface area contributed by atoms with Crippen LogP contribution in [0, 0.1) is 0 Å². The van der Waals surface area contributed by atoms with Gasteiger partial charge in [0.25, 0.3) is 0 Å². The fraction of sp³-hybridized carbons (Fsp3) is 0.950. The number of quaternary nitrogens is 1. The number of unbranched alkanes of at least 4 members (excludes halogenated alkanes) is 28. The second kappa shape index (κ2) is 32.2. The van der Waals surface area contributed by atoms with Gasteiger partial charge in [-0.05, 0) is 19.8 Å². The Kier molecular flexibility index (Phi) is 31.7. The van der Waals surface area contributed by atoms with Gasteiger partial charge in [0.15, 0.2) is 0 Å². The van der Waals surface area contributed by atoms with E-state index in [0.717, 1.165) is 25.7 Å². The van der Waals surface area contributed by atoms with E-state index in [1.807, 2.05) is 0 Å². The van der Waals surface area contributed by atoms with Crippen LogP contribution >= 0.6 is 0 Å². The molecule has 0 aliphatic heterocycles. The van der Waals surface area contributed by atoms with E-state index in [9.17, 15) is 14.7 Å². The number of amides is 2. The molecule has 1 atom stereocenters. The molecule has 0 aliphatic carbocycles. The number of aliphatic hydroxyl groups is 1. The van der Waals surface area contributed by atoms with Crippen molar-refractivity contribution in [3.8, 4) is 0 Å². The lowest BCUT2D eigenvalue weighted by molar-refractivity contribution is -0.762. The molecule has 0 aromatic carbocycles. The average Bonchev–Trinajstić information content (AvgIpc) is 3.00. The number of aliphatic hydroxyl groups excluding tert-OH is 1. The number of rotatable bonds is 34. The fourth-order valence-electron chi connectivity index (χ4n) is 6.66. The Bertz CT molecular complexity index is 586. The molecule has 0 bridgehead atoms. The first-order valence-electron chi connectivity index (χ1n) is 20.0. The standard InChI is InChI=1S/C40H80NO3/c1-5-7-9-11-13-15-17-19-21-23-25-27-29-31-33-35-39(43)41(4,37-38(3)42)40(44)36-34-32-30-28-26-24-22-20-18-16-14-12-10-8-6-2/h38,42H,5-37H2,1-4H3/q+1. The lowest BCUT2D eigenvalue weighted by atomic mass is 10.0. The van der Waals surface area contributed by atoms with Crippen LogP contribution in [0.25, 0.3) is 0 Å². The van der Waals surface area contributed by atoms with Crippen LogP contribution in [0.1, 0.15) is 226 Å². The summed E-state index contributed by atoms with van der Waals surface area (Å²) in [5.74, 6) is -0.0156. The van der Waals surface area contributed by atoms with Crippen molar-refractivity contribution >= 4 is 11.8 Å². The van der Waals surface area contributed by atoms with Gasteiger partial charge in [0, 0.05) is 0 Å². The maximum absolute atomic E-state index is 13.2. The summed E-state index contributed by atoms with van der Waals surface area (Å²) >= 11 is 0. The van der Waals surface area contributed by atoms with Crippen LogP contribution in [0.15, 0.2) is 0 Å². The van der Waals surface area contributed by atoms with Gasteiger partial charge < -0.3 is 5.11 Å². The molecule has 4 nitrogen and oxygen atoms in total. The number of carbonyl (C=O) groups is 2. The Hall–Kier alpha value is -0.740. The lowest BCUT2D eigenvalue weighted by Gasteiger charge is -2.30. The zero-order valence-corrected chi connectivity index (χ0v) is 30.6. The topological polar surface area (TPSA) is 54.4 Å². The minimum Gasteiger partial charge on any atom is -0.388 e. The van der Waals surface area contributed by atoms with E-state index in [0.29, 0.717) is 12.8 Å². The van der Waals surface area contributed by atoms with Crippen molar-refractivity contribution in [3.63, 3.8) is 0 Å². The Balaban J connectivity index is 3.90. The Morgan fingerprint density at radius 3 is 0.841 bits per heavy atom. The van der Waals surface area contributed by atoms with Gasteiger partial charge in [-0.2, -0.15) is 4.48 Å². The van der Waals surface area contributed by atoms with Crippen molar-refractivity contribution in [2.24, 2.45) is 0 Å². The van der Waals surface area contributed by atoms with Crippen molar-refractivity contribution in [1.82, 2.24) is 0 Å². The second-order valence-corrected chi connectivity index (χ2v) is 14.4. The van der Waals surface area contributed by atoms with Crippen LogP contribution in [0.2, 0.25) is 0 Å². The number of hydrogen-bond donors (Lipinski definition) is 1. The third-order valence-corrected chi connectivity index (χ3v) is 9.72. The van der Waals surface area contributed by atoms with Gasteiger partial charge in [-0.1, -0.05) is 194 Å². The van der Waals surface area contributed by atoms with Gasteiger partial charge in [-0.3, -0.25) is 0 Å². The second-order valence-electron chi connectivity index (χ2n) is 14.4. The van der Waals surface area contributed by atoms with Crippen LogP contribution in [-0.2, 0) is 9.59 Å². The zero-order valence-electron chi connectivity index (χ0n) is 30.6. The third kappa shape index (κ3) is 26.5. The smallest absolute Gasteiger partial charge is 0.320 e. The van der Waals surface area contributed by atoms with Crippen molar-refractivity contribution in [2.75, 3.05) is 13.6 Å². The van der Waals surface area contributed by atoms with Crippen molar-refractivity contribution in [2.45, 2.75) is 232 Å². The molecule has 1 N–H and O–H groups in total. The molecule has 0 aromatic rings. The van der Waals surface area contributed by atoms with E-state index in [2.05, 4.69) is 13.8 Å². The number of nitrogens with zero attached hydrogens (tertiary/aromatic N) is 1. The Labute approximate surface area is 276 Å². The van der Waals surface area contributed by atoms with E-state index in [1.54, 1.807) is 14.0 Å². The largest absolute Gasteiger partial charge is 0.388 e. The molecule has 0 saturated carbocycles. The summed E-state index contributed by atoms with van der Waals surface area (Å²) < 4.78 is -0.227. The molecule has 262 valence electrons. The summed E-state index contributed by atoms with van der Waals surface area (Å²) in [6.45, 7) is 6.45. The first kappa shape index (κ1) is 43.3. The monoisotopic (exact) mass is 623 g/mol. The summed E-state index contributed by atoms with van der Waals surface area (Å²) in [6.07, 6.45) is 39.3. The van der Waals surface area contributed by atoms with Gasteiger partial charge in [0.1, 0.15) is 12.6 Å². The predicted molar refractivity (Wildman–Crippen MR) is 192 cm³/mol. The van der Waals surface area contributed by atoms with Crippen molar-refractivity contribution < 1.29 is 19.2 Å². The third-order valence-electron chi connectivity index (χ3n) is 9.72. The first-order chi connectivity index (χ1) is 21.4. The number of imide groups is 1. The molecule has 0 saturated heterocycles. The molecular formula is C40H80NO3+. The van der Waals surface area contributed by atoms with Gasteiger partial charge in [-0.15, -0.1) is 0 Å². The van der Waals surface area contributed by atoms with E-state index < -0.39 is 6.10 Å². The molecule has 0 rings (SSSR count). The van der Waals surface area contributed by atoms with Gasteiger partial charge in [0.05, 0.1) is 19.9 Å². The van der Waals surface area contributed by atoms with Gasteiger partial charge in [0.2, 0.25) is 0 Å². The van der Waals surface area contributed by atoms with E-state index in [1.165, 1.54) is 167 Å². The van der Waals surface area contributed by atoms with Crippen molar-refractivity contribution in [3.05, 3.63) is 0 Å². The normalized spacial score (nSPS) is 12.6. The van der Waals surface area contributed by atoms with Crippen LogP contribution < -0.4 is 0 Å². The van der Waals surface area contributed by atoms with Gasteiger partial charge >= 0.3 is 11.8 Å². The maximum Gasteiger partial charge on any atom is 0.320 e. The first-order valence-corrected chi connectivity index (χ1v) is 20.0. The number of carbonyl (C=O) groups excluding carboxylic acids is 2. The molecule has 0 radical (unpaired) electrons.